The summed E-state index contributed by atoms with van der Waals surface area (Å²) in [7, 11) is 0. The van der Waals surface area contributed by atoms with Crippen LogP contribution in [-0.4, -0.2) is 32.5 Å². The summed E-state index contributed by atoms with van der Waals surface area (Å²) in [6.07, 6.45) is 8.91. The lowest BCUT2D eigenvalue weighted by Gasteiger charge is -2.27. The first-order valence-corrected chi connectivity index (χ1v) is 9.22. The number of likely N-dealkylation sites (tertiary alicyclic amines) is 1. The van der Waals surface area contributed by atoms with Gasteiger partial charge >= 0.3 is 0 Å². The normalized spacial score (nSPS) is 18.2. The zero-order valence-corrected chi connectivity index (χ0v) is 14.4. The van der Waals surface area contributed by atoms with Gasteiger partial charge < -0.3 is 13.8 Å². The molecule has 3 aromatic heterocycles. The number of amides is 1. The average Bonchev–Trinajstić information content (AvgIpc) is 3.35. The molecule has 0 aromatic carbocycles. The van der Waals surface area contributed by atoms with Crippen LogP contribution in [-0.2, 0) is 11.2 Å². The Morgan fingerprint density at radius 2 is 2.32 bits per heavy atom. The first kappa shape index (κ1) is 16.0. The molecule has 1 fully saturated rings. The van der Waals surface area contributed by atoms with Crippen LogP contribution in [0.3, 0.4) is 0 Å². The lowest BCUT2D eigenvalue weighted by Crippen LogP contribution is -2.36. The van der Waals surface area contributed by atoms with E-state index in [1.807, 2.05) is 16.3 Å². The van der Waals surface area contributed by atoms with Gasteiger partial charge in [-0.3, -0.25) is 4.79 Å². The number of hydrogen-bond acceptors (Lipinski definition) is 7. The number of aromatic nitrogens is 3. The number of carbonyl (C=O) groups is 1. The quantitative estimate of drug-likeness (QED) is 0.710. The maximum Gasteiger partial charge on any atom is 0.229 e. The van der Waals surface area contributed by atoms with Crippen molar-refractivity contribution in [2.24, 2.45) is 0 Å². The van der Waals surface area contributed by atoms with Gasteiger partial charge in [0, 0.05) is 17.5 Å². The third-order valence-corrected chi connectivity index (χ3v) is 5.34. The van der Waals surface area contributed by atoms with Crippen molar-refractivity contribution in [3.8, 4) is 10.6 Å². The summed E-state index contributed by atoms with van der Waals surface area (Å²) in [6, 6.07) is 1.76. The fourth-order valence-electron chi connectivity index (χ4n) is 3.16. The summed E-state index contributed by atoms with van der Waals surface area (Å²) < 4.78 is 9.97. The van der Waals surface area contributed by atoms with Gasteiger partial charge in [0.05, 0.1) is 24.4 Å². The highest BCUT2D eigenvalue weighted by Gasteiger charge is 2.30. The summed E-state index contributed by atoms with van der Waals surface area (Å²) in [6.45, 7) is 0.719. The van der Waals surface area contributed by atoms with E-state index in [-0.39, 0.29) is 18.4 Å². The predicted octanol–water partition coefficient (Wildman–Crippen LogP) is 3.47. The molecule has 4 rings (SSSR count). The van der Waals surface area contributed by atoms with Crippen LogP contribution in [0.2, 0.25) is 0 Å². The summed E-state index contributed by atoms with van der Waals surface area (Å²) in [5.41, 5.74) is 1.71. The monoisotopic (exact) mass is 358 g/mol. The average molecular weight is 358 g/mol. The molecule has 3 aromatic rings. The zero-order valence-electron chi connectivity index (χ0n) is 13.6. The molecule has 130 valence electrons. The second-order valence-corrected chi connectivity index (χ2v) is 6.93. The third kappa shape index (κ3) is 3.48. The Morgan fingerprint density at radius 1 is 1.36 bits per heavy atom. The molecule has 0 radical (unpaired) electrons. The maximum absolute atomic E-state index is 12.9. The zero-order chi connectivity index (χ0) is 17.1. The molecule has 4 heterocycles. The summed E-state index contributed by atoms with van der Waals surface area (Å²) in [5.74, 6) is 0.647. The van der Waals surface area contributed by atoms with Gasteiger partial charge in [-0.25, -0.2) is 4.98 Å². The predicted molar refractivity (Wildman–Crippen MR) is 90.7 cm³/mol. The highest BCUT2D eigenvalue weighted by molar-refractivity contribution is 7.13. The topological polar surface area (TPSA) is 85.3 Å². The Bertz CT molecular complexity index is 813. The SMILES string of the molecule is O=C(Cc1csc(-c2ccoc2)n1)N1CCCCCC1c1ncon1. The Labute approximate surface area is 148 Å². The molecule has 1 aliphatic heterocycles. The van der Waals surface area contributed by atoms with Crippen LogP contribution in [0.5, 0.6) is 0 Å². The standard InChI is InChI=1S/C17H18N4O3S/c22-15(8-13-10-25-17(19-13)12-5-7-23-9-12)21-6-3-1-2-4-14(21)16-18-11-24-20-16/h5,7,9-11,14H,1-4,6,8H2. The molecule has 0 bridgehead atoms. The van der Waals surface area contributed by atoms with Crippen molar-refractivity contribution < 1.29 is 13.7 Å². The number of furan rings is 1. The molecule has 1 saturated heterocycles. The Hall–Kier alpha value is -2.48. The second-order valence-electron chi connectivity index (χ2n) is 6.07. The van der Waals surface area contributed by atoms with Crippen LogP contribution in [0.25, 0.3) is 10.6 Å². The van der Waals surface area contributed by atoms with Gasteiger partial charge in [0.25, 0.3) is 0 Å². The van der Waals surface area contributed by atoms with E-state index in [1.165, 1.54) is 17.7 Å². The van der Waals surface area contributed by atoms with Crippen molar-refractivity contribution in [2.45, 2.75) is 38.1 Å². The number of carbonyl (C=O) groups excluding carboxylic acids is 1. The number of hydrogen-bond donors (Lipinski definition) is 0. The molecule has 8 heteroatoms. The molecule has 25 heavy (non-hydrogen) atoms. The Balaban J connectivity index is 1.50. The van der Waals surface area contributed by atoms with E-state index < -0.39 is 0 Å². The van der Waals surface area contributed by atoms with Crippen molar-refractivity contribution in [3.05, 3.63) is 41.9 Å². The van der Waals surface area contributed by atoms with Crippen LogP contribution in [0.15, 0.2) is 39.3 Å². The summed E-state index contributed by atoms with van der Waals surface area (Å²) in [4.78, 5) is 23.5. The molecule has 1 aliphatic rings. The molecule has 1 amide bonds. The van der Waals surface area contributed by atoms with E-state index in [0.29, 0.717) is 5.82 Å². The number of nitrogens with zero attached hydrogens (tertiary/aromatic N) is 4. The largest absolute Gasteiger partial charge is 0.472 e. The maximum atomic E-state index is 12.9. The van der Waals surface area contributed by atoms with Gasteiger partial charge in [-0.1, -0.05) is 18.0 Å². The highest BCUT2D eigenvalue weighted by Crippen LogP contribution is 2.29. The van der Waals surface area contributed by atoms with Crippen LogP contribution < -0.4 is 0 Å². The molecule has 1 unspecified atom stereocenters. The summed E-state index contributed by atoms with van der Waals surface area (Å²) >= 11 is 1.52. The van der Waals surface area contributed by atoms with Crippen LogP contribution in [0, 0.1) is 0 Å². The minimum Gasteiger partial charge on any atom is -0.472 e. The number of rotatable bonds is 4. The van der Waals surface area contributed by atoms with Gasteiger partial charge in [0.2, 0.25) is 12.3 Å². The van der Waals surface area contributed by atoms with E-state index in [1.54, 1.807) is 12.5 Å². The molecule has 1 atom stereocenters. The van der Waals surface area contributed by atoms with Gasteiger partial charge in [-0.05, 0) is 18.9 Å². The van der Waals surface area contributed by atoms with Gasteiger partial charge in [-0.15, -0.1) is 11.3 Å². The molecule has 0 saturated carbocycles. The van der Waals surface area contributed by atoms with Crippen LogP contribution >= 0.6 is 11.3 Å². The lowest BCUT2D eigenvalue weighted by molar-refractivity contribution is -0.133. The van der Waals surface area contributed by atoms with Crippen molar-refractivity contribution in [3.63, 3.8) is 0 Å². The van der Waals surface area contributed by atoms with E-state index in [9.17, 15) is 4.79 Å². The summed E-state index contributed by atoms with van der Waals surface area (Å²) in [5, 5.41) is 6.75. The number of thiazole rings is 1. The van der Waals surface area contributed by atoms with Gasteiger partial charge in [0.1, 0.15) is 11.3 Å². The van der Waals surface area contributed by atoms with E-state index in [0.717, 1.165) is 48.5 Å². The second kappa shape index (κ2) is 7.18. The minimum absolute atomic E-state index is 0.0562. The van der Waals surface area contributed by atoms with Crippen LogP contribution in [0.4, 0.5) is 0 Å². The van der Waals surface area contributed by atoms with E-state index >= 15 is 0 Å². The van der Waals surface area contributed by atoms with Crippen LogP contribution in [0.1, 0.15) is 43.2 Å². The Morgan fingerprint density at radius 3 is 3.12 bits per heavy atom. The molecule has 7 nitrogen and oxygen atoms in total. The van der Waals surface area contributed by atoms with Gasteiger partial charge in [-0.2, -0.15) is 4.98 Å². The minimum atomic E-state index is -0.110. The first-order valence-electron chi connectivity index (χ1n) is 8.34. The first-order chi connectivity index (χ1) is 12.3. The van der Waals surface area contributed by atoms with Crippen molar-refractivity contribution in [2.75, 3.05) is 6.54 Å². The molecule has 0 aliphatic carbocycles. The van der Waals surface area contributed by atoms with E-state index in [4.69, 9.17) is 8.94 Å². The van der Waals surface area contributed by atoms with E-state index in [2.05, 4.69) is 15.1 Å². The Kier molecular flexibility index (Phi) is 4.60. The van der Waals surface area contributed by atoms with Crippen molar-refractivity contribution in [1.82, 2.24) is 20.0 Å². The third-order valence-electron chi connectivity index (χ3n) is 4.40. The van der Waals surface area contributed by atoms with Crippen molar-refractivity contribution >= 4 is 17.2 Å². The smallest absolute Gasteiger partial charge is 0.229 e. The fourth-order valence-corrected chi connectivity index (χ4v) is 3.97. The highest BCUT2D eigenvalue weighted by atomic mass is 32.1. The fraction of sp³-hybridized carbons (Fsp3) is 0.412. The molecular formula is C17H18N4O3S. The molecule has 0 N–H and O–H groups in total. The lowest BCUT2D eigenvalue weighted by atomic mass is 10.1. The molecule has 0 spiro atoms. The molecular weight excluding hydrogens is 340 g/mol. The van der Waals surface area contributed by atoms with Gasteiger partial charge in [0.15, 0.2) is 5.82 Å². The van der Waals surface area contributed by atoms with Crippen molar-refractivity contribution in [1.29, 1.82) is 0 Å².